The number of aryl methyl sites for hydroxylation is 1. The predicted molar refractivity (Wildman–Crippen MR) is 115 cm³/mol. The maximum absolute atomic E-state index is 11.9. The topological polar surface area (TPSA) is 72.4 Å². The number of guanidine groups is 1. The quantitative estimate of drug-likeness (QED) is 0.295. The minimum absolute atomic E-state index is 0.0131. The second-order valence-corrected chi connectivity index (χ2v) is 7.04. The fourth-order valence-electron chi connectivity index (χ4n) is 3.52. The molecule has 29 heavy (non-hydrogen) atoms. The van der Waals surface area contributed by atoms with Gasteiger partial charge in [-0.1, -0.05) is 6.07 Å². The Labute approximate surface area is 174 Å². The smallest absolute Gasteiger partial charge is 0.309 e. The van der Waals surface area contributed by atoms with Crippen LogP contribution in [-0.4, -0.2) is 63.8 Å². The number of aliphatic imine (C=N–C) groups is 1. The molecule has 0 bridgehead atoms. The van der Waals surface area contributed by atoms with Crippen LogP contribution in [0.4, 0.5) is 0 Å². The maximum Gasteiger partial charge on any atom is 0.309 e. The molecule has 2 rings (SSSR count). The fraction of sp³-hybridized carbons (Fsp3) is 0.636. The molecule has 1 aromatic carbocycles. The number of nitrogens with one attached hydrogen (secondary N) is 1. The molecular weight excluding hydrogens is 370 g/mol. The van der Waals surface area contributed by atoms with E-state index >= 15 is 0 Å². The molecule has 1 fully saturated rings. The van der Waals surface area contributed by atoms with Crippen LogP contribution in [0, 0.1) is 5.92 Å². The summed E-state index contributed by atoms with van der Waals surface area (Å²) in [7, 11) is 3.30. The van der Waals surface area contributed by atoms with Gasteiger partial charge in [-0.2, -0.15) is 0 Å². The highest BCUT2D eigenvalue weighted by Crippen LogP contribution is 2.28. The van der Waals surface area contributed by atoms with Crippen molar-refractivity contribution in [3.8, 4) is 11.5 Å². The Morgan fingerprint density at radius 3 is 2.52 bits per heavy atom. The SMILES string of the molecule is CCNC(=NCCCc1ccc(OC)c(OC)c1)N1CCC(C(=O)OCC)CC1. The molecule has 1 heterocycles. The molecule has 7 nitrogen and oxygen atoms in total. The third kappa shape index (κ3) is 6.84. The van der Waals surface area contributed by atoms with E-state index in [0.717, 1.165) is 69.3 Å². The molecule has 0 aromatic heterocycles. The molecule has 1 aliphatic rings. The van der Waals surface area contributed by atoms with E-state index in [-0.39, 0.29) is 11.9 Å². The number of hydrogen-bond donors (Lipinski definition) is 1. The summed E-state index contributed by atoms with van der Waals surface area (Å²) in [6, 6.07) is 6.03. The monoisotopic (exact) mass is 405 g/mol. The van der Waals surface area contributed by atoms with E-state index in [2.05, 4.69) is 23.2 Å². The Hall–Kier alpha value is -2.44. The zero-order valence-corrected chi connectivity index (χ0v) is 18.2. The lowest BCUT2D eigenvalue weighted by molar-refractivity contribution is -0.149. The van der Waals surface area contributed by atoms with Gasteiger partial charge in [0.2, 0.25) is 0 Å². The van der Waals surface area contributed by atoms with E-state index in [4.69, 9.17) is 19.2 Å². The van der Waals surface area contributed by atoms with E-state index in [0.29, 0.717) is 6.61 Å². The molecule has 0 saturated carbocycles. The molecule has 0 amide bonds. The minimum atomic E-state index is -0.0657. The van der Waals surface area contributed by atoms with Crippen molar-refractivity contribution in [2.45, 2.75) is 39.5 Å². The minimum Gasteiger partial charge on any atom is -0.493 e. The Morgan fingerprint density at radius 2 is 1.90 bits per heavy atom. The average molecular weight is 406 g/mol. The number of carbonyl (C=O) groups is 1. The third-order valence-electron chi connectivity index (χ3n) is 5.08. The summed E-state index contributed by atoms with van der Waals surface area (Å²) in [4.78, 5) is 19.0. The second-order valence-electron chi connectivity index (χ2n) is 7.04. The molecule has 0 aliphatic carbocycles. The van der Waals surface area contributed by atoms with Crippen molar-refractivity contribution < 1.29 is 19.0 Å². The van der Waals surface area contributed by atoms with Crippen molar-refractivity contribution in [3.05, 3.63) is 23.8 Å². The molecule has 0 spiro atoms. The van der Waals surface area contributed by atoms with Gasteiger partial charge in [0.15, 0.2) is 17.5 Å². The predicted octanol–water partition coefficient (Wildman–Crippen LogP) is 2.88. The van der Waals surface area contributed by atoms with Crippen LogP contribution in [0.5, 0.6) is 11.5 Å². The van der Waals surface area contributed by atoms with Crippen LogP contribution in [0.1, 0.15) is 38.7 Å². The van der Waals surface area contributed by atoms with E-state index in [1.54, 1.807) is 14.2 Å². The van der Waals surface area contributed by atoms with Crippen LogP contribution in [-0.2, 0) is 16.0 Å². The van der Waals surface area contributed by atoms with Crippen LogP contribution in [0.3, 0.4) is 0 Å². The van der Waals surface area contributed by atoms with Crippen LogP contribution >= 0.6 is 0 Å². The Bertz CT molecular complexity index is 670. The van der Waals surface area contributed by atoms with Gasteiger partial charge in [0.1, 0.15) is 0 Å². The first-order valence-electron chi connectivity index (χ1n) is 10.5. The largest absolute Gasteiger partial charge is 0.493 e. The van der Waals surface area contributed by atoms with Gasteiger partial charge in [-0.05, 0) is 57.2 Å². The van der Waals surface area contributed by atoms with Gasteiger partial charge >= 0.3 is 5.97 Å². The van der Waals surface area contributed by atoms with Gasteiger partial charge in [-0.15, -0.1) is 0 Å². The average Bonchev–Trinajstić information content (AvgIpc) is 2.76. The van der Waals surface area contributed by atoms with Crippen molar-refractivity contribution in [2.75, 3.05) is 47.0 Å². The van der Waals surface area contributed by atoms with Crippen LogP contribution in [0.15, 0.2) is 23.2 Å². The number of piperidine rings is 1. The van der Waals surface area contributed by atoms with Crippen LogP contribution < -0.4 is 14.8 Å². The van der Waals surface area contributed by atoms with Gasteiger partial charge in [0.05, 0.1) is 26.7 Å². The van der Waals surface area contributed by atoms with Gasteiger partial charge in [0, 0.05) is 26.2 Å². The van der Waals surface area contributed by atoms with Crippen molar-refractivity contribution in [1.29, 1.82) is 0 Å². The number of ether oxygens (including phenoxy) is 3. The fourth-order valence-corrected chi connectivity index (χ4v) is 3.52. The highest BCUT2D eigenvalue weighted by molar-refractivity contribution is 5.80. The van der Waals surface area contributed by atoms with E-state index in [1.807, 2.05) is 19.1 Å². The van der Waals surface area contributed by atoms with Crippen molar-refractivity contribution >= 4 is 11.9 Å². The van der Waals surface area contributed by atoms with Crippen LogP contribution in [0.25, 0.3) is 0 Å². The summed E-state index contributed by atoms with van der Waals surface area (Å²) < 4.78 is 15.8. The standard InChI is InChI=1S/C22H35N3O4/c1-5-23-22(25-14-11-18(12-15-25)21(26)29-6-2)24-13-7-8-17-9-10-19(27-3)20(16-17)28-4/h9-10,16,18H,5-8,11-15H2,1-4H3,(H,23,24). The van der Waals surface area contributed by atoms with Gasteiger partial charge in [0.25, 0.3) is 0 Å². The molecular formula is C22H35N3O4. The van der Waals surface area contributed by atoms with E-state index in [1.165, 1.54) is 5.56 Å². The second kappa shape index (κ2) is 12.2. The van der Waals surface area contributed by atoms with Crippen LogP contribution in [0.2, 0.25) is 0 Å². The zero-order chi connectivity index (χ0) is 21.1. The van der Waals surface area contributed by atoms with Gasteiger partial charge in [-0.25, -0.2) is 0 Å². The highest BCUT2D eigenvalue weighted by Gasteiger charge is 2.27. The number of benzene rings is 1. The lowest BCUT2D eigenvalue weighted by Gasteiger charge is -2.33. The van der Waals surface area contributed by atoms with Gasteiger partial charge in [-0.3, -0.25) is 9.79 Å². The first-order chi connectivity index (χ1) is 14.1. The van der Waals surface area contributed by atoms with Crippen molar-refractivity contribution in [2.24, 2.45) is 10.9 Å². The van der Waals surface area contributed by atoms with Gasteiger partial charge < -0.3 is 24.4 Å². The molecule has 0 radical (unpaired) electrons. The molecule has 162 valence electrons. The number of methoxy groups -OCH3 is 2. The summed E-state index contributed by atoms with van der Waals surface area (Å²) in [6.07, 6.45) is 3.50. The number of rotatable bonds is 9. The third-order valence-corrected chi connectivity index (χ3v) is 5.08. The Morgan fingerprint density at radius 1 is 1.17 bits per heavy atom. The van der Waals surface area contributed by atoms with Crippen molar-refractivity contribution in [1.82, 2.24) is 10.2 Å². The lowest BCUT2D eigenvalue weighted by Crippen LogP contribution is -2.46. The maximum atomic E-state index is 11.9. The Balaban J connectivity index is 1.86. The number of carbonyl (C=O) groups excluding carboxylic acids is 1. The molecule has 0 atom stereocenters. The number of nitrogens with zero attached hydrogens (tertiary/aromatic N) is 2. The number of esters is 1. The van der Waals surface area contributed by atoms with E-state index < -0.39 is 0 Å². The summed E-state index contributed by atoms with van der Waals surface area (Å²) in [5, 5.41) is 3.38. The normalized spacial score (nSPS) is 15.2. The molecule has 1 aromatic rings. The summed E-state index contributed by atoms with van der Waals surface area (Å²) >= 11 is 0. The number of hydrogen-bond acceptors (Lipinski definition) is 5. The summed E-state index contributed by atoms with van der Waals surface area (Å²) in [5.41, 5.74) is 1.21. The highest BCUT2D eigenvalue weighted by atomic mass is 16.5. The first-order valence-corrected chi connectivity index (χ1v) is 10.5. The molecule has 1 N–H and O–H groups in total. The summed E-state index contributed by atoms with van der Waals surface area (Å²) in [5.74, 6) is 2.38. The molecule has 0 unspecified atom stereocenters. The molecule has 1 aliphatic heterocycles. The molecule has 1 saturated heterocycles. The Kier molecular flexibility index (Phi) is 9.60. The van der Waals surface area contributed by atoms with Crippen molar-refractivity contribution in [3.63, 3.8) is 0 Å². The molecule has 7 heteroatoms. The zero-order valence-electron chi connectivity index (χ0n) is 18.2. The van der Waals surface area contributed by atoms with E-state index in [9.17, 15) is 4.79 Å². The summed E-state index contributed by atoms with van der Waals surface area (Å²) in [6.45, 7) is 7.59. The first kappa shape index (κ1) is 22.8. The lowest BCUT2D eigenvalue weighted by atomic mass is 9.97. The number of likely N-dealkylation sites (tertiary alicyclic amines) is 1.